The van der Waals surface area contributed by atoms with Crippen molar-refractivity contribution in [3.63, 3.8) is 0 Å². The molecular weight excluding hydrogens is 286 g/mol. The lowest BCUT2D eigenvalue weighted by Crippen LogP contribution is -2.59. The quantitative estimate of drug-likeness (QED) is 0.852. The molecule has 4 unspecified atom stereocenters. The number of carboxylic acid groups (broad SMARTS) is 1. The maximum absolute atomic E-state index is 13.0. The Kier molecular flexibility index (Phi) is 4.77. The molecule has 5 heteroatoms. The molecule has 0 bridgehead atoms. The summed E-state index contributed by atoms with van der Waals surface area (Å²) in [4.78, 5) is 26.4. The summed E-state index contributed by atoms with van der Waals surface area (Å²) in [5, 5.41) is 9.55. The van der Waals surface area contributed by atoms with Gasteiger partial charge in [0.2, 0.25) is 5.91 Å². The number of rotatable bonds is 2. The topological polar surface area (TPSA) is 57.6 Å². The number of carbonyl (C=O) groups is 2. The Balaban J connectivity index is 1.81. The maximum atomic E-state index is 13.0. The largest absolute Gasteiger partial charge is 0.480 e. The van der Waals surface area contributed by atoms with E-state index >= 15 is 0 Å². The zero-order chi connectivity index (χ0) is 14.8. The van der Waals surface area contributed by atoms with Crippen LogP contribution in [0, 0.1) is 5.92 Å². The summed E-state index contributed by atoms with van der Waals surface area (Å²) in [6.07, 6.45) is 9.35. The van der Waals surface area contributed by atoms with Gasteiger partial charge in [0.25, 0.3) is 0 Å². The van der Waals surface area contributed by atoms with E-state index in [0.717, 1.165) is 37.9 Å². The molecule has 1 saturated carbocycles. The molecule has 4 nitrogen and oxygen atoms in total. The second kappa shape index (κ2) is 6.59. The first-order valence-corrected chi connectivity index (χ1v) is 9.40. The molecule has 0 aromatic carbocycles. The fourth-order valence-electron chi connectivity index (χ4n) is 4.29. The molecule has 2 saturated heterocycles. The summed E-state index contributed by atoms with van der Waals surface area (Å²) in [5.41, 5.74) is 0. The van der Waals surface area contributed by atoms with Crippen LogP contribution in [0.5, 0.6) is 0 Å². The van der Waals surface area contributed by atoms with Crippen LogP contribution in [0.4, 0.5) is 0 Å². The van der Waals surface area contributed by atoms with Crippen LogP contribution < -0.4 is 0 Å². The Hall–Kier alpha value is -0.710. The first-order chi connectivity index (χ1) is 10.2. The highest BCUT2D eigenvalue weighted by Gasteiger charge is 2.45. The van der Waals surface area contributed by atoms with Crippen LogP contribution in [-0.2, 0) is 9.59 Å². The summed E-state index contributed by atoms with van der Waals surface area (Å²) in [6.45, 7) is 0. The fourth-order valence-corrected chi connectivity index (χ4v) is 5.55. The van der Waals surface area contributed by atoms with Crippen molar-refractivity contribution in [2.45, 2.75) is 75.1 Å². The van der Waals surface area contributed by atoms with Crippen LogP contribution >= 0.6 is 11.8 Å². The molecule has 4 atom stereocenters. The molecule has 1 amide bonds. The van der Waals surface area contributed by atoms with Crippen molar-refractivity contribution in [2.24, 2.45) is 5.92 Å². The summed E-state index contributed by atoms with van der Waals surface area (Å²) in [5.74, 6) is 0.875. The van der Waals surface area contributed by atoms with Crippen molar-refractivity contribution in [3.05, 3.63) is 0 Å². The minimum atomic E-state index is -0.812. The van der Waals surface area contributed by atoms with Crippen LogP contribution in [0.1, 0.15) is 57.8 Å². The Labute approximate surface area is 130 Å². The maximum Gasteiger partial charge on any atom is 0.326 e. The van der Waals surface area contributed by atoms with Gasteiger partial charge >= 0.3 is 5.97 Å². The number of hydrogen-bond donors (Lipinski definition) is 1. The van der Waals surface area contributed by atoms with Crippen molar-refractivity contribution in [1.29, 1.82) is 0 Å². The lowest BCUT2D eigenvalue weighted by molar-refractivity contribution is -0.158. The molecule has 0 aromatic heterocycles. The van der Waals surface area contributed by atoms with Crippen LogP contribution in [0.15, 0.2) is 0 Å². The monoisotopic (exact) mass is 311 g/mol. The number of aliphatic carboxylic acids is 1. The number of carboxylic acids is 1. The third-order valence-electron chi connectivity index (χ3n) is 5.37. The Morgan fingerprint density at radius 1 is 0.952 bits per heavy atom. The van der Waals surface area contributed by atoms with E-state index in [1.807, 2.05) is 0 Å². The summed E-state index contributed by atoms with van der Waals surface area (Å²) < 4.78 is 0. The molecule has 21 heavy (non-hydrogen) atoms. The van der Waals surface area contributed by atoms with Gasteiger partial charge in [0, 0.05) is 6.04 Å². The first kappa shape index (κ1) is 15.2. The van der Waals surface area contributed by atoms with E-state index in [-0.39, 0.29) is 17.2 Å². The third kappa shape index (κ3) is 3.08. The van der Waals surface area contributed by atoms with Crippen molar-refractivity contribution in [3.8, 4) is 0 Å². The Morgan fingerprint density at radius 3 is 2.43 bits per heavy atom. The number of likely N-dealkylation sites (tertiary alicyclic amines) is 1. The average Bonchev–Trinajstić information content (AvgIpc) is 2.53. The van der Waals surface area contributed by atoms with Crippen molar-refractivity contribution < 1.29 is 14.7 Å². The van der Waals surface area contributed by atoms with Crippen LogP contribution in [0.25, 0.3) is 0 Å². The van der Waals surface area contributed by atoms with Gasteiger partial charge in [-0.15, -0.1) is 11.8 Å². The number of hydrogen-bond acceptors (Lipinski definition) is 3. The second-order valence-electron chi connectivity index (χ2n) is 6.64. The van der Waals surface area contributed by atoms with E-state index in [1.54, 1.807) is 16.7 Å². The molecule has 1 N–H and O–H groups in total. The predicted octanol–water partition coefficient (Wildman–Crippen LogP) is 2.91. The van der Waals surface area contributed by atoms with E-state index in [0.29, 0.717) is 12.3 Å². The minimum Gasteiger partial charge on any atom is -0.480 e. The predicted molar refractivity (Wildman–Crippen MR) is 83.3 cm³/mol. The molecule has 0 radical (unpaired) electrons. The number of thioether (sulfide) groups is 1. The fraction of sp³-hybridized carbons (Fsp3) is 0.875. The standard InChI is InChI=1S/C16H25NO3S/c18-15(14-7-3-4-10-21-14)17-12-6-2-1-5-11(12)8-9-13(17)16(19)20/h11-14H,1-10H2,(H,19,20). The van der Waals surface area contributed by atoms with Gasteiger partial charge in [0.1, 0.15) is 6.04 Å². The molecule has 3 rings (SSSR count). The molecule has 0 spiro atoms. The van der Waals surface area contributed by atoms with Crippen LogP contribution in [0.3, 0.4) is 0 Å². The molecule has 3 aliphatic rings. The number of nitrogens with zero attached hydrogens (tertiary/aromatic N) is 1. The molecule has 0 aromatic rings. The number of fused-ring (bicyclic) bond motifs is 1. The third-order valence-corrected chi connectivity index (χ3v) is 6.73. The minimum absolute atomic E-state index is 0.00118. The zero-order valence-corrected chi connectivity index (χ0v) is 13.3. The number of piperidine rings is 1. The second-order valence-corrected chi connectivity index (χ2v) is 7.95. The van der Waals surface area contributed by atoms with Crippen molar-refractivity contribution in [1.82, 2.24) is 4.90 Å². The van der Waals surface area contributed by atoms with E-state index in [2.05, 4.69) is 0 Å². The Bertz CT molecular complexity index is 408. The van der Waals surface area contributed by atoms with Gasteiger partial charge in [0.05, 0.1) is 5.25 Å². The molecule has 2 heterocycles. The van der Waals surface area contributed by atoms with Gasteiger partial charge in [-0.2, -0.15) is 0 Å². The summed E-state index contributed by atoms with van der Waals surface area (Å²) in [7, 11) is 0. The average molecular weight is 311 g/mol. The van der Waals surface area contributed by atoms with E-state index in [1.165, 1.54) is 19.3 Å². The molecule has 2 aliphatic heterocycles. The lowest BCUT2D eigenvalue weighted by atomic mass is 9.76. The van der Waals surface area contributed by atoms with Crippen molar-refractivity contribution in [2.75, 3.05) is 5.75 Å². The van der Waals surface area contributed by atoms with Gasteiger partial charge in [-0.3, -0.25) is 4.79 Å². The molecule has 3 fully saturated rings. The summed E-state index contributed by atoms with van der Waals surface area (Å²) in [6, 6.07) is -0.400. The van der Waals surface area contributed by atoms with Gasteiger partial charge in [-0.1, -0.05) is 19.3 Å². The highest BCUT2D eigenvalue weighted by molar-refractivity contribution is 8.00. The molecule has 1 aliphatic carbocycles. The molecule has 118 valence electrons. The Morgan fingerprint density at radius 2 is 1.71 bits per heavy atom. The molecular formula is C16H25NO3S. The number of amides is 1. The van der Waals surface area contributed by atoms with Gasteiger partial charge in [-0.25, -0.2) is 4.79 Å². The first-order valence-electron chi connectivity index (χ1n) is 8.35. The van der Waals surface area contributed by atoms with E-state index in [4.69, 9.17) is 0 Å². The zero-order valence-electron chi connectivity index (χ0n) is 12.5. The highest BCUT2D eigenvalue weighted by Crippen LogP contribution is 2.40. The van der Waals surface area contributed by atoms with E-state index in [9.17, 15) is 14.7 Å². The summed E-state index contributed by atoms with van der Waals surface area (Å²) >= 11 is 1.73. The van der Waals surface area contributed by atoms with Crippen molar-refractivity contribution >= 4 is 23.6 Å². The van der Waals surface area contributed by atoms with Gasteiger partial charge in [0.15, 0.2) is 0 Å². The van der Waals surface area contributed by atoms with Gasteiger partial charge in [-0.05, 0) is 50.2 Å². The SMILES string of the molecule is O=C(O)C1CCC2CCCCC2N1C(=O)C1CCCCS1. The van der Waals surface area contributed by atoms with Gasteiger partial charge < -0.3 is 10.0 Å². The highest BCUT2D eigenvalue weighted by atomic mass is 32.2. The van der Waals surface area contributed by atoms with E-state index < -0.39 is 12.0 Å². The van der Waals surface area contributed by atoms with Crippen LogP contribution in [0.2, 0.25) is 0 Å². The smallest absolute Gasteiger partial charge is 0.326 e. The lowest BCUT2D eigenvalue weighted by Gasteiger charge is -2.48. The normalized spacial score (nSPS) is 36.9. The van der Waals surface area contributed by atoms with Crippen LogP contribution in [-0.4, -0.2) is 45.0 Å². The number of carbonyl (C=O) groups excluding carboxylic acids is 1.